The molecule has 0 radical (unpaired) electrons. The third-order valence-electron chi connectivity index (χ3n) is 4.00. The highest BCUT2D eigenvalue weighted by Crippen LogP contribution is 2.24. The van der Waals surface area contributed by atoms with E-state index in [2.05, 4.69) is 0 Å². The van der Waals surface area contributed by atoms with Crippen LogP contribution in [0.2, 0.25) is 0 Å². The molecule has 0 fully saturated rings. The molecule has 1 amide bonds. The average molecular weight is 331 g/mol. The van der Waals surface area contributed by atoms with Crippen molar-refractivity contribution in [1.29, 1.82) is 0 Å². The van der Waals surface area contributed by atoms with E-state index >= 15 is 0 Å². The minimum Gasteiger partial charge on any atom is -0.334 e. The van der Waals surface area contributed by atoms with Gasteiger partial charge in [0.25, 0.3) is 5.56 Å². The normalized spacial score (nSPS) is 14.3. The predicted molar refractivity (Wildman–Crippen MR) is 89.4 cm³/mol. The van der Waals surface area contributed by atoms with Crippen LogP contribution in [0.3, 0.4) is 0 Å². The Bertz CT molecular complexity index is 904. The van der Waals surface area contributed by atoms with Crippen LogP contribution in [0, 0.1) is 0 Å². The molecule has 0 aliphatic carbocycles. The molecule has 2 aromatic heterocycles. The Labute approximate surface area is 136 Å². The van der Waals surface area contributed by atoms with E-state index in [1.54, 1.807) is 23.3 Å². The lowest BCUT2D eigenvalue weighted by Gasteiger charge is -2.25. The van der Waals surface area contributed by atoms with E-state index in [-0.39, 0.29) is 11.6 Å². The van der Waals surface area contributed by atoms with Gasteiger partial charge >= 0.3 is 5.69 Å². The summed E-state index contributed by atoms with van der Waals surface area (Å²) in [7, 11) is 3.00. The number of nitrogens with zero attached hydrogens (tertiary/aromatic N) is 3. The molecule has 0 unspecified atom stereocenters. The first-order chi connectivity index (χ1) is 11.0. The molecule has 0 bridgehead atoms. The van der Waals surface area contributed by atoms with Crippen LogP contribution in [-0.4, -0.2) is 26.5 Å². The molecule has 0 saturated heterocycles. The summed E-state index contributed by atoms with van der Waals surface area (Å²) in [5.74, 6) is -0.127. The third kappa shape index (κ3) is 2.92. The molecule has 120 valence electrons. The van der Waals surface area contributed by atoms with Gasteiger partial charge in [-0.3, -0.25) is 14.2 Å². The standard InChI is InChI=1S/C16H17N3O3S/c1-17-9-12(15(21)18(2)16(17)22)3-4-14(20)19-7-5-13-11(10-19)6-8-23-13/h3-4,6,8-9H,5,7,10H2,1-2H3/b4-3+. The fourth-order valence-electron chi connectivity index (χ4n) is 2.65. The first kappa shape index (κ1) is 15.5. The summed E-state index contributed by atoms with van der Waals surface area (Å²) < 4.78 is 2.35. The molecule has 0 saturated carbocycles. The van der Waals surface area contributed by atoms with E-state index in [1.165, 1.54) is 40.4 Å². The van der Waals surface area contributed by atoms with Crippen LogP contribution < -0.4 is 11.2 Å². The maximum Gasteiger partial charge on any atom is 0.330 e. The number of carbonyl (C=O) groups is 1. The van der Waals surface area contributed by atoms with Crippen LogP contribution in [0.5, 0.6) is 0 Å². The first-order valence-corrected chi connectivity index (χ1v) is 8.14. The topological polar surface area (TPSA) is 64.3 Å². The lowest BCUT2D eigenvalue weighted by molar-refractivity contribution is -0.126. The summed E-state index contributed by atoms with van der Waals surface area (Å²) in [6, 6.07) is 2.05. The fraction of sp³-hybridized carbons (Fsp3) is 0.312. The Balaban J connectivity index is 1.80. The highest BCUT2D eigenvalue weighted by atomic mass is 32.1. The van der Waals surface area contributed by atoms with E-state index < -0.39 is 5.56 Å². The number of carbonyl (C=O) groups excluding carboxylic acids is 1. The Morgan fingerprint density at radius 3 is 2.87 bits per heavy atom. The van der Waals surface area contributed by atoms with Crippen LogP contribution in [0.1, 0.15) is 16.0 Å². The first-order valence-electron chi connectivity index (χ1n) is 7.26. The van der Waals surface area contributed by atoms with Crippen LogP contribution in [0.15, 0.2) is 33.3 Å². The summed E-state index contributed by atoms with van der Waals surface area (Å²) in [6.45, 7) is 1.29. The SMILES string of the molecule is Cn1cc(/C=C/C(=O)N2CCc3sccc3C2)c(=O)n(C)c1=O. The molecule has 2 aromatic rings. The number of rotatable bonds is 2. The number of aromatic nitrogens is 2. The summed E-state index contributed by atoms with van der Waals surface area (Å²) in [5, 5.41) is 2.04. The van der Waals surface area contributed by atoms with Crippen molar-refractivity contribution < 1.29 is 4.79 Å². The van der Waals surface area contributed by atoms with E-state index in [4.69, 9.17) is 0 Å². The maximum absolute atomic E-state index is 12.3. The lowest BCUT2D eigenvalue weighted by atomic mass is 10.1. The number of hydrogen-bond donors (Lipinski definition) is 0. The second-order valence-corrected chi connectivity index (χ2v) is 6.55. The summed E-state index contributed by atoms with van der Waals surface area (Å²) >= 11 is 1.72. The molecule has 6 nitrogen and oxygen atoms in total. The van der Waals surface area contributed by atoms with Crippen molar-refractivity contribution in [1.82, 2.24) is 14.0 Å². The fourth-order valence-corrected chi connectivity index (χ4v) is 3.54. The molecule has 3 rings (SSSR count). The van der Waals surface area contributed by atoms with Gasteiger partial charge in [-0.05, 0) is 29.5 Å². The molecule has 1 aliphatic heterocycles. The van der Waals surface area contributed by atoms with Crippen molar-refractivity contribution >= 4 is 23.3 Å². The van der Waals surface area contributed by atoms with E-state index in [0.29, 0.717) is 18.7 Å². The zero-order chi connectivity index (χ0) is 16.6. The van der Waals surface area contributed by atoms with Gasteiger partial charge in [-0.25, -0.2) is 4.79 Å². The number of aryl methyl sites for hydroxylation is 1. The number of hydrogen-bond acceptors (Lipinski definition) is 4. The zero-order valence-corrected chi connectivity index (χ0v) is 13.8. The Morgan fingerprint density at radius 2 is 2.09 bits per heavy atom. The minimum absolute atomic E-state index is 0.127. The molecule has 0 aromatic carbocycles. The molecular formula is C16H17N3O3S. The predicted octanol–water partition coefficient (Wildman–Crippen LogP) is 0.744. The minimum atomic E-state index is -0.407. The van der Waals surface area contributed by atoms with E-state index in [1.807, 2.05) is 11.4 Å². The second kappa shape index (κ2) is 6.00. The highest BCUT2D eigenvalue weighted by molar-refractivity contribution is 7.10. The molecule has 0 spiro atoms. The molecule has 3 heterocycles. The van der Waals surface area contributed by atoms with Gasteiger partial charge in [-0.2, -0.15) is 0 Å². The molecule has 0 atom stereocenters. The van der Waals surface area contributed by atoms with Crippen LogP contribution in [0.4, 0.5) is 0 Å². The zero-order valence-electron chi connectivity index (χ0n) is 13.0. The average Bonchev–Trinajstić information content (AvgIpc) is 3.02. The van der Waals surface area contributed by atoms with Crippen molar-refractivity contribution in [2.75, 3.05) is 6.54 Å². The summed E-state index contributed by atoms with van der Waals surface area (Å²) in [4.78, 5) is 39.1. The maximum atomic E-state index is 12.3. The number of thiophene rings is 1. The van der Waals surface area contributed by atoms with Crippen molar-refractivity contribution in [3.63, 3.8) is 0 Å². The summed E-state index contributed by atoms with van der Waals surface area (Å²) in [5.41, 5.74) is 0.715. The van der Waals surface area contributed by atoms with Gasteiger partial charge < -0.3 is 9.47 Å². The Hall–Kier alpha value is -2.41. The molecule has 7 heteroatoms. The van der Waals surface area contributed by atoms with Gasteiger partial charge in [-0.15, -0.1) is 11.3 Å². The molecule has 0 N–H and O–H groups in total. The van der Waals surface area contributed by atoms with Crippen LogP contribution in [-0.2, 0) is 31.9 Å². The Morgan fingerprint density at radius 1 is 1.30 bits per heavy atom. The second-order valence-electron chi connectivity index (χ2n) is 5.55. The summed E-state index contributed by atoms with van der Waals surface area (Å²) in [6.07, 6.45) is 5.20. The van der Waals surface area contributed by atoms with Crippen molar-refractivity contribution in [3.05, 3.63) is 60.6 Å². The Kier molecular flexibility index (Phi) is 4.04. The van der Waals surface area contributed by atoms with Gasteiger partial charge in [0.05, 0.1) is 5.56 Å². The smallest absolute Gasteiger partial charge is 0.330 e. The van der Waals surface area contributed by atoms with E-state index in [0.717, 1.165) is 11.0 Å². The largest absolute Gasteiger partial charge is 0.334 e. The van der Waals surface area contributed by atoms with Gasteiger partial charge in [0.15, 0.2) is 0 Å². The van der Waals surface area contributed by atoms with Crippen molar-refractivity contribution in [2.45, 2.75) is 13.0 Å². The van der Waals surface area contributed by atoms with Gasteiger partial charge in [0.2, 0.25) is 5.91 Å². The van der Waals surface area contributed by atoms with Crippen molar-refractivity contribution in [2.24, 2.45) is 14.1 Å². The number of fused-ring (bicyclic) bond motifs is 1. The van der Waals surface area contributed by atoms with Crippen molar-refractivity contribution in [3.8, 4) is 0 Å². The molecule has 1 aliphatic rings. The van der Waals surface area contributed by atoms with Gasteiger partial charge in [0, 0.05) is 44.3 Å². The molecule has 23 heavy (non-hydrogen) atoms. The van der Waals surface area contributed by atoms with Gasteiger partial charge in [-0.1, -0.05) is 0 Å². The van der Waals surface area contributed by atoms with E-state index in [9.17, 15) is 14.4 Å². The van der Waals surface area contributed by atoms with Crippen LogP contribution in [0.25, 0.3) is 6.08 Å². The van der Waals surface area contributed by atoms with Crippen LogP contribution >= 0.6 is 11.3 Å². The van der Waals surface area contributed by atoms with Gasteiger partial charge in [0.1, 0.15) is 0 Å². The number of amides is 1. The quantitative estimate of drug-likeness (QED) is 0.763. The highest BCUT2D eigenvalue weighted by Gasteiger charge is 2.19. The lowest BCUT2D eigenvalue weighted by Crippen LogP contribution is -2.37. The third-order valence-corrected chi connectivity index (χ3v) is 5.02. The monoisotopic (exact) mass is 331 g/mol. The molecular weight excluding hydrogens is 314 g/mol.